The van der Waals surface area contributed by atoms with Gasteiger partial charge in [-0.05, 0) is 58.1 Å². The molecule has 1 rings (SSSR count). The van der Waals surface area contributed by atoms with E-state index in [9.17, 15) is 19.8 Å². The highest BCUT2D eigenvalue weighted by molar-refractivity contribution is 6.00. The lowest BCUT2D eigenvalue weighted by atomic mass is 9.70. The number of Topliss-reactive ketones (excluding diaryl/α,β-unsaturated/α-hetero) is 1. The van der Waals surface area contributed by atoms with Crippen LogP contribution in [0.15, 0.2) is 34.9 Å². The maximum Gasteiger partial charge on any atom is 0.313 e. The average Bonchev–Trinajstić information content (AvgIpc) is 2.42. The molecule has 0 saturated carbocycles. The second kappa shape index (κ2) is 7.54. The van der Waals surface area contributed by atoms with Crippen molar-refractivity contribution in [2.75, 3.05) is 0 Å². The van der Waals surface area contributed by atoms with Crippen LogP contribution in [0.25, 0.3) is 0 Å². The second-order valence-electron chi connectivity index (χ2n) is 6.31. The summed E-state index contributed by atoms with van der Waals surface area (Å²) in [6.45, 7) is 7.06. The van der Waals surface area contributed by atoms with Crippen LogP contribution in [0.5, 0.6) is 0 Å². The molecule has 4 heteroatoms. The molecule has 22 heavy (non-hydrogen) atoms. The number of rotatable bonds is 6. The van der Waals surface area contributed by atoms with E-state index in [0.29, 0.717) is 24.0 Å². The molecule has 0 heterocycles. The van der Waals surface area contributed by atoms with E-state index < -0.39 is 11.4 Å². The van der Waals surface area contributed by atoms with Crippen LogP contribution in [-0.4, -0.2) is 28.1 Å². The van der Waals surface area contributed by atoms with E-state index in [0.717, 1.165) is 12.0 Å². The van der Waals surface area contributed by atoms with Gasteiger partial charge in [0.15, 0.2) is 5.78 Å². The van der Waals surface area contributed by atoms with Crippen molar-refractivity contribution in [3.05, 3.63) is 34.9 Å². The average molecular weight is 306 g/mol. The van der Waals surface area contributed by atoms with Crippen LogP contribution in [-0.2, 0) is 9.59 Å². The fraction of sp³-hybridized carbons (Fsp3) is 0.556. The number of aliphatic carboxylic acids is 1. The molecule has 0 saturated heterocycles. The van der Waals surface area contributed by atoms with Gasteiger partial charge in [-0.15, -0.1) is 0 Å². The van der Waals surface area contributed by atoms with Gasteiger partial charge >= 0.3 is 5.97 Å². The number of aliphatic hydroxyl groups excluding tert-OH is 1. The van der Waals surface area contributed by atoms with Crippen LogP contribution in [0.4, 0.5) is 0 Å². The number of hydrogen-bond acceptors (Lipinski definition) is 3. The van der Waals surface area contributed by atoms with E-state index in [1.807, 2.05) is 19.1 Å². The quantitative estimate of drug-likeness (QED) is 0.737. The SMILES string of the molecule is CC(C=CC1=C(C)C(=O)CC[C@]1(C)C(=O)O)=CCC[C@H](C)O. The highest BCUT2D eigenvalue weighted by Gasteiger charge is 2.41. The number of carboxylic acids is 1. The summed E-state index contributed by atoms with van der Waals surface area (Å²) in [6, 6.07) is 0. The van der Waals surface area contributed by atoms with Gasteiger partial charge < -0.3 is 10.2 Å². The summed E-state index contributed by atoms with van der Waals surface area (Å²) in [5.74, 6) is -0.871. The van der Waals surface area contributed by atoms with Crippen molar-refractivity contribution in [1.82, 2.24) is 0 Å². The van der Waals surface area contributed by atoms with Crippen molar-refractivity contribution in [3.8, 4) is 0 Å². The molecule has 2 atom stereocenters. The zero-order valence-corrected chi connectivity index (χ0v) is 13.8. The van der Waals surface area contributed by atoms with Gasteiger partial charge in [0, 0.05) is 6.42 Å². The minimum atomic E-state index is -1.01. The Labute approximate surface area is 132 Å². The molecule has 0 bridgehead atoms. The summed E-state index contributed by atoms with van der Waals surface area (Å²) in [6.07, 6.45) is 7.36. The summed E-state index contributed by atoms with van der Waals surface area (Å²) < 4.78 is 0. The highest BCUT2D eigenvalue weighted by atomic mass is 16.4. The van der Waals surface area contributed by atoms with Crippen molar-refractivity contribution in [3.63, 3.8) is 0 Å². The fourth-order valence-electron chi connectivity index (χ4n) is 2.62. The molecule has 2 N–H and O–H groups in total. The Bertz CT molecular complexity index is 537. The van der Waals surface area contributed by atoms with Gasteiger partial charge in [0.05, 0.1) is 11.5 Å². The van der Waals surface area contributed by atoms with Crippen molar-refractivity contribution < 1.29 is 19.8 Å². The van der Waals surface area contributed by atoms with Gasteiger partial charge in [-0.2, -0.15) is 0 Å². The van der Waals surface area contributed by atoms with Gasteiger partial charge in [-0.25, -0.2) is 0 Å². The lowest BCUT2D eigenvalue weighted by Gasteiger charge is -2.31. The van der Waals surface area contributed by atoms with Crippen molar-refractivity contribution >= 4 is 11.8 Å². The maximum absolute atomic E-state index is 11.9. The minimum Gasteiger partial charge on any atom is -0.481 e. The third kappa shape index (κ3) is 4.41. The lowest BCUT2D eigenvalue weighted by Crippen LogP contribution is -2.34. The number of ketones is 1. The standard InChI is InChI=1S/C18H26O4/c1-12(6-5-7-13(2)19)8-9-15-14(3)16(20)10-11-18(15,4)17(21)22/h6,8-9,13,19H,5,7,10-11H2,1-4H3,(H,21,22)/t13-,18-/m0/s1. The predicted molar refractivity (Wildman–Crippen MR) is 86.5 cm³/mol. The van der Waals surface area contributed by atoms with Gasteiger partial charge in [-0.1, -0.05) is 23.8 Å². The molecule has 0 fully saturated rings. The Morgan fingerprint density at radius 1 is 1.45 bits per heavy atom. The number of allylic oxidation sites excluding steroid dienone is 5. The van der Waals surface area contributed by atoms with Crippen LogP contribution in [0, 0.1) is 5.41 Å². The van der Waals surface area contributed by atoms with Gasteiger partial charge in [0.1, 0.15) is 0 Å². The fourth-order valence-corrected chi connectivity index (χ4v) is 2.62. The number of aliphatic hydroxyl groups is 1. The number of carboxylic acid groups (broad SMARTS) is 1. The molecule has 0 aromatic carbocycles. The van der Waals surface area contributed by atoms with E-state index >= 15 is 0 Å². The summed E-state index contributed by atoms with van der Waals surface area (Å²) in [5.41, 5.74) is 1.13. The minimum absolute atomic E-state index is 0.0223. The third-order valence-corrected chi connectivity index (χ3v) is 4.30. The van der Waals surface area contributed by atoms with E-state index in [2.05, 4.69) is 0 Å². The second-order valence-corrected chi connectivity index (χ2v) is 6.31. The van der Waals surface area contributed by atoms with Crippen molar-refractivity contribution in [1.29, 1.82) is 0 Å². The summed E-state index contributed by atoms with van der Waals surface area (Å²) in [4.78, 5) is 23.5. The topological polar surface area (TPSA) is 74.6 Å². The van der Waals surface area contributed by atoms with Crippen molar-refractivity contribution in [2.45, 2.75) is 59.5 Å². The van der Waals surface area contributed by atoms with E-state index in [4.69, 9.17) is 0 Å². The molecule has 0 unspecified atom stereocenters. The molecule has 1 aliphatic rings. The van der Waals surface area contributed by atoms with Crippen LogP contribution >= 0.6 is 0 Å². The van der Waals surface area contributed by atoms with E-state index in [-0.39, 0.29) is 18.3 Å². The Morgan fingerprint density at radius 2 is 2.09 bits per heavy atom. The number of carbonyl (C=O) groups is 2. The number of carbonyl (C=O) groups excluding carboxylic acids is 1. The Hall–Kier alpha value is -1.68. The molecule has 0 spiro atoms. The van der Waals surface area contributed by atoms with Crippen LogP contribution in [0.3, 0.4) is 0 Å². The predicted octanol–water partition coefficient (Wildman–Crippen LogP) is 3.42. The first-order valence-electron chi connectivity index (χ1n) is 7.69. The van der Waals surface area contributed by atoms with Gasteiger partial charge in [0.2, 0.25) is 0 Å². The van der Waals surface area contributed by atoms with Gasteiger partial charge in [0.25, 0.3) is 0 Å². The lowest BCUT2D eigenvalue weighted by molar-refractivity contribution is -0.146. The highest BCUT2D eigenvalue weighted by Crippen LogP contribution is 2.40. The molecule has 0 amide bonds. The molecular formula is C18H26O4. The van der Waals surface area contributed by atoms with Crippen LogP contribution in [0.1, 0.15) is 53.4 Å². The molecule has 0 radical (unpaired) electrons. The smallest absolute Gasteiger partial charge is 0.313 e. The van der Waals surface area contributed by atoms with Crippen LogP contribution < -0.4 is 0 Å². The molecule has 1 aliphatic carbocycles. The van der Waals surface area contributed by atoms with Crippen LogP contribution in [0.2, 0.25) is 0 Å². The molecule has 0 aromatic rings. The molecule has 122 valence electrons. The molecule has 4 nitrogen and oxygen atoms in total. The van der Waals surface area contributed by atoms with E-state index in [1.54, 1.807) is 26.8 Å². The van der Waals surface area contributed by atoms with E-state index in [1.165, 1.54) is 0 Å². The maximum atomic E-state index is 11.9. The third-order valence-electron chi connectivity index (χ3n) is 4.30. The normalized spacial score (nSPS) is 25.0. The van der Waals surface area contributed by atoms with Gasteiger partial charge in [-0.3, -0.25) is 9.59 Å². The first-order chi connectivity index (χ1) is 10.2. The summed E-state index contributed by atoms with van der Waals surface area (Å²) >= 11 is 0. The Kier molecular flexibility index (Phi) is 6.30. The zero-order chi connectivity index (χ0) is 16.9. The molecular weight excluding hydrogens is 280 g/mol. The molecule has 0 aliphatic heterocycles. The monoisotopic (exact) mass is 306 g/mol. The largest absolute Gasteiger partial charge is 0.481 e. The number of hydrogen-bond donors (Lipinski definition) is 2. The first-order valence-corrected chi connectivity index (χ1v) is 7.69. The molecule has 0 aromatic heterocycles. The van der Waals surface area contributed by atoms with Crippen molar-refractivity contribution in [2.24, 2.45) is 5.41 Å². The zero-order valence-electron chi connectivity index (χ0n) is 13.8. The Morgan fingerprint density at radius 3 is 2.64 bits per heavy atom. The summed E-state index contributed by atoms with van der Waals surface area (Å²) in [5, 5.41) is 18.8. The summed E-state index contributed by atoms with van der Waals surface area (Å²) in [7, 11) is 0. The first kappa shape index (κ1) is 18.4. The Balaban J connectivity index is 3.00.